The quantitative estimate of drug-likeness (QED) is 0.847. The number of para-hydroxylation sites is 1. The summed E-state index contributed by atoms with van der Waals surface area (Å²) >= 11 is 2.20. The molecule has 4 nitrogen and oxygen atoms in total. The number of aromatic nitrogens is 1. The highest BCUT2D eigenvalue weighted by atomic mass is 127. The number of pyridine rings is 1. The normalized spacial score (nSPS) is 10.1. The summed E-state index contributed by atoms with van der Waals surface area (Å²) in [6, 6.07) is 10.8. The van der Waals surface area contributed by atoms with Gasteiger partial charge in [-0.25, -0.2) is 4.98 Å². The lowest BCUT2D eigenvalue weighted by molar-refractivity contribution is 0.102. The van der Waals surface area contributed by atoms with Gasteiger partial charge in [0.05, 0.1) is 18.4 Å². The lowest BCUT2D eigenvalue weighted by Crippen LogP contribution is -2.14. The smallest absolute Gasteiger partial charge is 0.260 e. The van der Waals surface area contributed by atoms with E-state index in [0.717, 1.165) is 9.26 Å². The fraction of sp³-hybridized carbons (Fsp3) is 0.143. The monoisotopic (exact) mass is 368 g/mol. The highest BCUT2D eigenvalue weighted by Crippen LogP contribution is 2.19. The number of methoxy groups -OCH3 is 1. The van der Waals surface area contributed by atoms with Crippen molar-refractivity contribution in [3.8, 4) is 5.75 Å². The third kappa shape index (κ3) is 3.23. The zero-order valence-corrected chi connectivity index (χ0v) is 12.8. The minimum absolute atomic E-state index is 0.231. The molecule has 1 N–H and O–H groups in total. The average Bonchev–Trinajstić information content (AvgIpc) is 2.43. The van der Waals surface area contributed by atoms with Crippen molar-refractivity contribution in [2.45, 2.75) is 6.92 Å². The first-order valence-corrected chi connectivity index (χ1v) is 6.77. The average molecular weight is 368 g/mol. The van der Waals surface area contributed by atoms with Gasteiger partial charge in [0.2, 0.25) is 0 Å². The number of hydrogen-bond donors (Lipinski definition) is 1. The van der Waals surface area contributed by atoms with Gasteiger partial charge in [0, 0.05) is 3.57 Å². The van der Waals surface area contributed by atoms with Crippen molar-refractivity contribution in [1.82, 2.24) is 4.98 Å². The molecule has 0 unspecified atom stereocenters. The molecular formula is C14H13IN2O2. The van der Waals surface area contributed by atoms with Crippen molar-refractivity contribution in [1.29, 1.82) is 0 Å². The molecule has 0 saturated heterocycles. The maximum atomic E-state index is 12.2. The Morgan fingerprint density at radius 2 is 2.00 bits per heavy atom. The van der Waals surface area contributed by atoms with Crippen LogP contribution in [-0.2, 0) is 0 Å². The van der Waals surface area contributed by atoms with E-state index < -0.39 is 0 Å². The molecule has 0 saturated carbocycles. The maximum Gasteiger partial charge on any atom is 0.260 e. The van der Waals surface area contributed by atoms with Crippen LogP contribution in [0.15, 0.2) is 36.4 Å². The van der Waals surface area contributed by atoms with Gasteiger partial charge in [-0.15, -0.1) is 0 Å². The van der Waals surface area contributed by atoms with E-state index in [9.17, 15) is 4.79 Å². The van der Waals surface area contributed by atoms with E-state index in [1.807, 2.05) is 19.1 Å². The Morgan fingerprint density at radius 1 is 1.26 bits per heavy atom. The fourth-order valence-corrected chi connectivity index (χ4v) is 1.93. The van der Waals surface area contributed by atoms with Gasteiger partial charge in [-0.3, -0.25) is 4.79 Å². The van der Waals surface area contributed by atoms with E-state index in [1.165, 1.54) is 0 Å². The molecule has 0 aliphatic heterocycles. The maximum absolute atomic E-state index is 12.2. The van der Waals surface area contributed by atoms with E-state index in [2.05, 4.69) is 32.9 Å². The molecule has 1 aromatic heterocycles. The molecule has 19 heavy (non-hydrogen) atoms. The van der Waals surface area contributed by atoms with Gasteiger partial charge in [0.25, 0.3) is 5.91 Å². The minimum atomic E-state index is -0.231. The molecule has 0 aliphatic rings. The van der Waals surface area contributed by atoms with Crippen LogP contribution in [0.2, 0.25) is 0 Å². The lowest BCUT2D eigenvalue weighted by Gasteiger charge is -2.09. The number of nitrogens with one attached hydrogen (secondary N) is 1. The standard InChI is InChI=1S/C14H13IN2O2/c1-9-11(15)7-8-13(16-9)17-14(18)10-5-3-4-6-12(10)19-2/h3-8H,1-2H3,(H,16,17,18). The van der Waals surface area contributed by atoms with Crippen LogP contribution in [0.5, 0.6) is 5.75 Å². The number of aryl methyl sites for hydroxylation is 1. The number of nitrogens with zero attached hydrogens (tertiary/aromatic N) is 1. The van der Waals surface area contributed by atoms with Crippen LogP contribution in [0.4, 0.5) is 5.82 Å². The Kier molecular flexibility index (Phi) is 4.36. The van der Waals surface area contributed by atoms with E-state index in [0.29, 0.717) is 17.1 Å². The first kappa shape index (κ1) is 13.8. The number of ether oxygens (including phenoxy) is 1. The molecule has 0 spiro atoms. The molecule has 0 radical (unpaired) electrons. The van der Waals surface area contributed by atoms with Gasteiger partial charge in [0.1, 0.15) is 11.6 Å². The second-order valence-corrected chi connectivity index (χ2v) is 5.08. The Labute approximate surface area is 125 Å². The molecule has 1 heterocycles. The molecule has 0 fully saturated rings. The number of amides is 1. The predicted octanol–water partition coefficient (Wildman–Crippen LogP) is 3.26. The summed E-state index contributed by atoms with van der Waals surface area (Å²) in [6.07, 6.45) is 0. The highest BCUT2D eigenvalue weighted by molar-refractivity contribution is 14.1. The molecule has 1 aromatic carbocycles. The van der Waals surface area contributed by atoms with Gasteiger partial charge in [0.15, 0.2) is 0 Å². The third-order valence-electron chi connectivity index (χ3n) is 2.61. The van der Waals surface area contributed by atoms with Crippen molar-refractivity contribution < 1.29 is 9.53 Å². The van der Waals surface area contributed by atoms with E-state index in [-0.39, 0.29) is 5.91 Å². The number of benzene rings is 1. The number of halogens is 1. The van der Waals surface area contributed by atoms with E-state index in [4.69, 9.17) is 4.74 Å². The summed E-state index contributed by atoms with van der Waals surface area (Å²) in [5.74, 6) is 0.849. The van der Waals surface area contributed by atoms with Crippen LogP contribution in [0.3, 0.4) is 0 Å². The summed E-state index contributed by atoms with van der Waals surface area (Å²) in [5.41, 5.74) is 1.38. The van der Waals surface area contributed by atoms with Crippen LogP contribution < -0.4 is 10.1 Å². The molecule has 98 valence electrons. The molecule has 5 heteroatoms. The Bertz CT molecular complexity index is 614. The third-order valence-corrected chi connectivity index (χ3v) is 3.75. The predicted molar refractivity (Wildman–Crippen MR) is 82.6 cm³/mol. The Hall–Kier alpha value is -1.63. The zero-order valence-electron chi connectivity index (χ0n) is 10.6. The second-order valence-electron chi connectivity index (χ2n) is 3.92. The summed E-state index contributed by atoms with van der Waals surface area (Å²) < 4.78 is 6.23. The lowest BCUT2D eigenvalue weighted by atomic mass is 10.2. The number of carbonyl (C=O) groups excluding carboxylic acids is 1. The molecule has 2 aromatic rings. The van der Waals surface area contributed by atoms with Crippen LogP contribution in [-0.4, -0.2) is 18.0 Å². The second kappa shape index (κ2) is 6.01. The van der Waals surface area contributed by atoms with Gasteiger partial charge in [-0.1, -0.05) is 12.1 Å². The first-order valence-electron chi connectivity index (χ1n) is 5.69. The van der Waals surface area contributed by atoms with Crippen LogP contribution in [0.1, 0.15) is 16.1 Å². The number of rotatable bonds is 3. The van der Waals surface area contributed by atoms with Crippen molar-refractivity contribution in [3.63, 3.8) is 0 Å². The summed E-state index contributed by atoms with van der Waals surface area (Å²) in [5, 5.41) is 2.77. The number of anilines is 1. The minimum Gasteiger partial charge on any atom is -0.496 e. The van der Waals surface area contributed by atoms with Crippen LogP contribution in [0.25, 0.3) is 0 Å². The van der Waals surface area contributed by atoms with Crippen LogP contribution in [0, 0.1) is 10.5 Å². The summed E-state index contributed by atoms with van der Waals surface area (Å²) in [4.78, 5) is 16.5. The number of hydrogen-bond acceptors (Lipinski definition) is 3. The number of carbonyl (C=O) groups is 1. The van der Waals surface area contributed by atoms with E-state index >= 15 is 0 Å². The van der Waals surface area contributed by atoms with Gasteiger partial charge < -0.3 is 10.1 Å². The highest BCUT2D eigenvalue weighted by Gasteiger charge is 2.12. The molecule has 0 bridgehead atoms. The van der Waals surface area contributed by atoms with E-state index in [1.54, 1.807) is 31.4 Å². The van der Waals surface area contributed by atoms with Crippen molar-refractivity contribution in [2.75, 3.05) is 12.4 Å². The zero-order chi connectivity index (χ0) is 13.8. The molecule has 0 aliphatic carbocycles. The van der Waals surface area contributed by atoms with Crippen molar-refractivity contribution in [3.05, 3.63) is 51.2 Å². The Morgan fingerprint density at radius 3 is 2.68 bits per heavy atom. The van der Waals surface area contributed by atoms with Gasteiger partial charge in [-0.05, 0) is 53.8 Å². The molecule has 1 amide bonds. The van der Waals surface area contributed by atoms with Crippen molar-refractivity contribution in [2.24, 2.45) is 0 Å². The summed E-state index contributed by atoms with van der Waals surface area (Å²) in [6.45, 7) is 1.90. The Balaban J connectivity index is 2.23. The van der Waals surface area contributed by atoms with Gasteiger partial charge in [-0.2, -0.15) is 0 Å². The molecule has 0 atom stereocenters. The topological polar surface area (TPSA) is 51.2 Å². The van der Waals surface area contributed by atoms with Crippen molar-refractivity contribution >= 4 is 34.3 Å². The SMILES string of the molecule is COc1ccccc1C(=O)Nc1ccc(I)c(C)n1. The summed E-state index contributed by atoms with van der Waals surface area (Å²) in [7, 11) is 1.54. The largest absolute Gasteiger partial charge is 0.496 e. The first-order chi connectivity index (χ1) is 9.11. The molecular weight excluding hydrogens is 355 g/mol. The fourth-order valence-electron chi connectivity index (χ4n) is 1.63. The van der Waals surface area contributed by atoms with Gasteiger partial charge >= 0.3 is 0 Å². The van der Waals surface area contributed by atoms with Crippen LogP contribution >= 0.6 is 22.6 Å². The molecule has 2 rings (SSSR count).